The minimum atomic E-state index is -6.48. The van der Waals surface area contributed by atoms with E-state index in [1.54, 1.807) is 30.3 Å². The molecule has 0 amide bonds. The van der Waals surface area contributed by atoms with Gasteiger partial charge in [0.15, 0.2) is 0 Å². The molecule has 1 N–H and O–H groups in total. The van der Waals surface area contributed by atoms with Crippen LogP contribution in [0.25, 0.3) is 11.1 Å². The van der Waals surface area contributed by atoms with Crippen LogP contribution in [0.4, 0.5) is 43.9 Å². The highest BCUT2D eigenvalue weighted by atomic mass is 32.3. The number of hydrogen-bond acceptors (Lipinski definition) is 6. The van der Waals surface area contributed by atoms with Gasteiger partial charge in [0, 0.05) is 22.1 Å². The number of benzene rings is 3. The van der Waals surface area contributed by atoms with E-state index in [9.17, 15) is 57.1 Å². The van der Waals surface area contributed by atoms with Gasteiger partial charge in [0.05, 0.1) is 18.8 Å². The van der Waals surface area contributed by atoms with Gasteiger partial charge in [0.2, 0.25) is 0 Å². The molecule has 0 spiro atoms. The highest BCUT2D eigenvalue weighted by molar-refractivity contribution is 8.33. The molecule has 0 aromatic heterocycles. The lowest BCUT2D eigenvalue weighted by molar-refractivity contribution is -0.376. The van der Waals surface area contributed by atoms with Crippen molar-refractivity contribution in [3.63, 3.8) is 0 Å². The molecular formula is C36H34F10O7S2. The molecule has 0 bridgehead atoms. The minimum Gasteiger partial charge on any atom is -0.468 e. The summed E-state index contributed by atoms with van der Waals surface area (Å²) in [5.74, 6) is -9.33. The van der Waals surface area contributed by atoms with Crippen molar-refractivity contribution in [3.8, 4) is 16.9 Å². The second-order valence-electron chi connectivity index (χ2n) is 13.2. The van der Waals surface area contributed by atoms with E-state index < -0.39 is 124 Å². The lowest BCUT2D eigenvalue weighted by Gasteiger charge is -2.45. The Morgan fingerprint density at radius 2 is 1.38 bits per heavy atom. The zero-order valence-corrected chi connectivity index (χ0v) is 30.4. The van der Waals surface area contributed by atoms with Crippen LogP contribution in [0.15, 0.2) is 99.6 Å². The van der Waals surface area contributed by atoms with Crippen LogP contribution in [0.5, 0.6) is 5.75 Å². The molecule has 1 aliphatic heterocycles. The Labute approximate surface area is 310 Å². The Bertz CT molecular complexity index is 2000. The van der Waals surface area contributed by atoms with Crippen LogP contribution in [0.1, 0.15) is 32.1 Å². The van der Waals surface area contributed by atoms with Crippen molar-refractivity contribution in [1.29, 1.82) is 0 Å². The van der Waals surface area contributed by atoms with Crippen molar-refractivity contribution in [2.45, 2.75) is 82.0 Å². The fourth-order valence-corrected chi connectivity index (χ4v) is 10.7. The first kappa shape index (κ1) is 42.3. The first-order valence-corrected chi connectivity index (χ1v) is 19.9. The summed E-state index contributed by atoms with van der Waals surface area (Å²) >= 11 is 0. The molecule has 1 saturated carbocycles. The van der Waals surface area contributed by atoms with Gasteiger partial charge in [0.1, 0.15) is 11.9 Å². The average Bonchev–Trinajstić information content (AvgIpc) is 3.36. The molecule has 1 unspecified atom stereocenters. The van der Waals surface area contributed by atoms with E-state index in [4.69, 9.17) is 14.0 Å². The predicted molar refractivity (Wildman–Crippen MR) is 180 cm³/mol. The van der Waals surface area contributed by atoms with Crippen molar-refractivity contribution in [1.82, 2.24) is 0 Å². The summed E-state index contributed by atoms with van der Waals surface area (Å²) in [7, 11) is -8.61. The van der Waals surface area contributed by atoms with E-state index in [0.717, 1.165) is 21.4 Å². The van der Waals surface area contributed by atoms with E-state index in [2.05, 4.69) is 11.3 Å². The number of esters is 1. The number of alkyl halides is 10. The Balaban J connectivity index is 1.30. The fourth-order valence-electron chi connectivity index (χ4n) is 6.86. The van der Waals surface area contributed by atoms with Gasteiger partial charge in [-0.1, -0.05) is 43.0 Å². The number of carbonyl (C=O) groups excluding carboxylic acids is 1. The molecule has 1 heterocycles. The summed E-state index contributed by atoms with van der Waals surface area (Å²) in [5.41, 5.74) is -3.77. The van der Waals surface area contributed by atoms with Crippen molar-refractivity contribution in [3.05, 3.63) is 84.9 Å². The summed E-state index contributed by atoms with van der Waals surface area (Å²) in [4.78, 5) is 14.7. The molecule has 1 atom stereocenters. The number of hydrogen-bond donors (Lipinski definition) is 1. The van der Waals surface area contributed by atoms with Gasteiger partial charge >= 0.3 is 45.2 Å². The van der Waals surface area contributed by atoms with Gasteiger partial charge in [-0.25, -0.2) is 4.79 Å². The Hall–Kier alpha value is -3.81. The molecule has 0 radical (unpaired) electrons. The quantitative estimate of drug-likeness (QED) is 0.0602. The zero-order valence-electron chi connectivity index (χ0n) is 28.7. The van der Waals surface area contributed by atoms with Crippen molar-refractivity contribution in [2.75, 3.05) is 19.5 Å². The van der Waals surface area contributed by atoms with Gasteiger partial charge in [-0.3, -0.25) is 4.55 Å². The summed E-state index contributed by atoms with van der Waals surface area (Å²) in [6.45, 7) is 1.16. The molecule has 302 valence electrons. The lowest BCUT2D eigenvalue weighted by atomic mass is 9.74. The second-order valence-corrected chi connectivity index (χ2v) is 17.9. The van der Waals surface area contributed by atoms with Crippen LogP contribution in [-0.4, -0.2) is 73.6 Å². The third-order valence-electron chi connectivity index (χ3n) is 9.74. The number of carbonyl (C=O) groups is 1. The molecule has 55 heavy (non-hydrogen) atoms. The standard InChI is InChI=1S/C36H34F10O7S2/c1-22(21-51-19-18-32(37,38)36(45,46)55(48,49)50)31(47)52-24-14-12-23(13-15-24)33(34(39,40)41,35(42,43)44)53-25-16-17-28-27-10-6-7-11-29(27)54(2,30(28)20-25)26-8-4-3-5-9-26/h3-11,16-17,20,23-24H,1,12-15,18-19,21H2,2H3,(H,48,49,50). The smallest absolute Gasteiger partial charge is 0.437 e. The average molecular weight is 833 g/mol. The monoisotopic (exact) mass is 832 g/mol. The maximum absolute atomic E-state index is 14.9. The Morgan fingerprint density at radius 1 is 0.818 bits per heavy atom. The largest absolute Gasteiger partial charge is 0.468 e. The highest BCUT2D eigenvalue weighted by Gasteiger charge is 2.77. The van der Waals surface area contributed by atoms with Crippen molar-refractivity contribution >= 4 is 26.1 Å². The van der Waals surface area contributed by atoms with Crippen LogP contribution >= 0.6 is 10.0 Å². The molecular weight excluding hydrogens is 799 g/mol. The molecule has 3 aromatic carbocycles. The summed E-state index contributed by atoms with van der Waals surface area (Å²) in [6, 6.07) is 20.2. The first-order chi connectivity index (χ1) is 25.4. The number of rotatable bonds is 13. The normalized spacial score (nSPS) is 21.9. The van der Waals surface area contributed by atoms with Crippen LogP contribution in [0, 0.1) is 5.92 Å². The van der Waals surface area contributed by atoms with Crippen LogP contribution in [0.2, 0.25) is 0 Å². The first-order valence-electron chi connectivity index (χ1n) is 16.5. The van der Waals surface area contributed by atoms with E-state index in [-0.39, 0.29) is 0 Å². The second kappa shape index (κ2) is 14.9. The highest BCUT2D eigenvalue weighted by Crippen LogP contribution is 2.74. The molecule has 1 fully saturated rings. The molecule has 7 nitrogen and oxygen atoms in total. The maximum atomic E-state index is 14.9. The van der Waals surface area contributed by atoms with Gasteiger partial charge in [-0.2, -0.15) is 62.4 Å². The molecule has 3 aromatic rings. The third kappa shape index (κ3) is 7.68. The van der Waals surface area contributed by atoms with E-state index in [0.29, 0.717) is 10.5 Å². The fraction of sp³-hybridized carbons (Fsp3) is 0.417. The van der Waals surface area contributed by atoms with Gasteiger partial charge in [0.25, 0.3) is 0 Å². The molecule has 1 aliphatic carbocycles. The SMILES string of the molecule is C=C(COCCC(F)(F)C(F)(F)S(=O)(=O)O)C(=O)OC1CCC(C(Oc2ccc3c(c2)S(C)(c2ccccc2)c2ccccc2-3)(C(F)(F)F)C(F)(F)F)CC1. The van der Waals surface area contributed by atoms with Crippen molar-refractivity contribution < 1.29 is 75.9 Å². The number of halogens is 10. The topological polar surface area (TPSA) is 99.1 Å². The number of ether oxygens (including phenoxy) is 3. The van der Waals surface area contributed by atoms with Crippen LogP contribution < -0.4 is 4.74 Å². The predicted octanol–water partition coefficient (Wildman–Crippen LogP) is 10.0. The number of fused-ring (bicyclic) bond motifs is 3. The Kier molecular flexibility index (Phi) is 11.5. The Morgan fingerprint density at radius 3 is 1.96 bits per heavy atom. The van der Waals surface area contributed by atoms with Crippen LogP contribution in [0.3, 0.4) is 0 Å². The van der Waals surface area contributed by atoms with Crippen LogP contribution in [-0.2, 0) is 24.4 Å². The van der Waals surface area contributed by atoms with E-state index >= 15 is 0 Å². The summed E-state index contributed by atoms with van der Waals surface area (Å²) < 4.78 is 188. The molecule has 2 aliphatic rings. The van der Waals surface area contributed by atoms with Crippen molar-refractivity contribution in [2.24, 2.45) is 5.92 Å². The molecule has 0 saturated heterocycles. The lowest BCUT2D eigenvalue weighted by Crippen LogP contribution is -2.66. The summed E-state index contributed by atoms with van der Waals surface area (Å²) in [6.07, 6.45) is -15.5. The minimum absolute atomic E-state index is 0.464. The maximum Gasteiger partial charge on any atom is 0.437 e. The van der Waals surface area contributed by atoms with Gasteiger partial charge in [-0.15, -0.1) is 0 Å². The van der Waals surface area contributed by atoms with E-state index in [1.807, 2.05) is 30.5 Å². The van der Waals surface area contributed by atoms with Gasteiger partial charge < -0.3 is 14.2 Å². The van der Waals surface area contributed by atoms with E-state index in [1.165, 1.54) is 12.1 Å². The third-order valence-corrected chi connectivity index (χ3v) is 14.4. The van der Waals surface area contributed by atoms with Gasteiger partial charge in [-0.05, 0) is 84.4 Å². The summed E-state index contributed by atoms with van der Waals surface area (Å²) in [5, 5.41) is -5.84. The molecule has 19 heteroatoms. The zero-order chi connectivity index (χ0) is 40.8. The molecule has 5 rings (SSSR count).